The number of hydrogen-bond acceptors (Lipinski definition) is 10. The number of carbonyl (C=O) groups is 2. The predicted octanol–water partition coefficient (Wildman–Crippen LogP) is 7.94. The summed E-state index contributed by atoms with van der Waals surface area (Å²) in [5.74, 6) is -1.62. The minimum atomic E-state index is -0.673. The van der Waals surface area contributed by atoms with Gasteiger partial charge in [0.05, 0.1) is 38.3 Å². The van der Waals surface area contributed by atoms with Crippen LogP contribution in [-0.2, 0) is 4.74 Å². The number of halogens is 1. The molecule has 0 spiro atoms. The van der Waals surface area contributed by atoms with Crippen molar-refractivity contribution in [3.8, 4) is 5.75 Å². The molecule has 47 heavy (non-hydrogen) atoms. The van der Waals surface area contributed by atoms with E-state index in [1.807, 2.05) is 0 Å². The summed E-state index contributed by atoms with van der Waals surface area (Å²) >= 11 is 8.61. The fraction of sp³-hybridized carbons (Fsp3) is 0.235. The minimum absolute atomic E-state index is 0.00480. The molecule has 0 aromatic heterocycles. The fourth-order valence-electron chi connectivity index (χ4n) is 6.34. The molecule has 1 fully saturated rings. The van der Waals surface area contributed by atoms with Gasteiger partial charge in [-0.25, -0.2) is 9.59 Å². The minimum Gasteiger partial charge on any atom is -0.462 e. The molecular weight excluding hydrogens is 646 g/mol. The molecule has 1 N–H and O–H groups in total. The van der Waals surface area contributed by atoms with Crippen molar-refractivity contribution in [2.45, 2.75) is 40.8 Å². The summed E-state index contributed by atoms with van der Waals surface area (Å²) in [7, 11) is 0. The van der Waals surface area contributed by atoms with Gasteiger partial charge in [-0.2, -0.15) is 0 Å². The lowest BCUT2D eigenvalue weighted by Crippen LogP contribution is -2.31. The van der Waals surface area contributed by atoms with Crippen LogP contribution in [0, 0.1) is 26.1 Å². The van der Waals surface area contributed by atoms with Crippen LogP contribution >= 0.6 is 23.4 Å². The molecule has 1 heterocycles. The number of alkyl halides is 1. The number of nitrogens with zero attached hydrogens (tertiary/aromatic N) is 2. The van der Waals surface area contributed by atoms with Gasteiger partial charge < -0.3 is 14.8 Å². The summed E-state index contributed by atoms with van der Waals surface area (Å²) < 4.78 is 10.8. The Morgan fingerprint density at radius 3 is 2.38 bits per heavy atom. The first-order chi connectivity index (χ1) is 22.7. The zero-order valence-electron chi connectivity index (χ0n) is 24.9. The van der Waals surface area contributed by atoms with Gasteiger partial charge in [0.15, 0.2) is 0 Å². The number of thioether (sulfide) groups is 1. The number of ether oxygens (including phenoxy) is 2. The van der Waals surface area contributed by atoms with E-state index in [2.05, 4.69) is 5.32 Å². The summed E-state index contributed by atoms with van der Waals surface area (Å²) in [6.45, 7) is 1.85. The zero-order valence-corrected chi connectivity index (χ0v) is 26.5. The van der Waals surface area contributed by atoms with Crippen LogP contribution in [0.4, 0.5) is 17.1 Å². The smallest absolute Gasteiger partial charge is 0.343 e. The molecule has 240 valence electrons. The Bertz CT molecular complexity index is 1870. The largest absolute Gasteiger partial charge is 0.462 e. The van der Waals surface area contributed by atoms with E-state index >= 15 is 0 Å². The highest BCUT2D eigenvalue weighted by molar-refractivity contribution is 8.00. The van der Waals surface area contributed by atoms with Crippen molar-refractivity contribution in [3.05, 3.63) is 133 Å². The normalized spacial score (nSPS) is 21.1. The van der Waals surface area contributed by atoms with Gasteiger partial charge in [0, 0.05) is 35.1 Å². The van der Waals surface area contributed by atoms with Gasteiger partial charge in [-0.15, -0.1) is 23.4 Å². The number of anilines is 1. The van der Waals surface area contributed by atoms with Gasteiger partial charge >= 0.3 is 11.9 Å². The quantitative estimate of drug-likeness (QED) is 0.0609. The third kappa shape index (κ3) is 6.38. The number of nitro groups is 2. The molecule has 4 aromatic carbocycles. The molecule has 6 rings (SSSR count). The number of esters is 2. The second kappa shape index (κ2) is 13.4. The number of benzene rings is 4. The summed E-state index contributed by atoms with van der Waals surface area (Å²) in [6, 6.07) is 24.1. The van der Waals surface area contributed by atoms with E-state index in [0.717, 1.165) is 16.8 Å². The first kappa shape index (κ1) is 32.0. The highest BCUT2D eigenvalue weighted by atomic mass is 35.5. The lowest BCUT2D eigenvalue weighted by molar-refractivity contribution is -0.387. The first-order valence-corrected chi connectivity index (χ1v) is 16.1. The van der Waals surface area contributed by atoms with E-state index in [-0.39, 0.29) is 58.0 Å². The topological polar surface area (TPSA) is 151 Å². The third-order valence-corrected chi connectivity index (χ3v) is 10.6. The summed E-state index contributed by atoms with van der Waals surface area (Å²) in [4.78, 5) is 48.6. The second-order valence-corrected chi connectivity index (χ2v) is 12.9. The lowest BCUT2D eigenvalue weighted by atomic mass is 9.77. The maximum absolute atomic E-state index is 13.4. The van der Waals surface area contributed by atoms with Crippen LogP contribution in [0.2, 0.25) is 0 Å². The molecule has 0 radical (unpaired) electrons. The number of hydrogen-bond donors (Lipinski definition) is 1. The van der Waals surface area contributed by atoms with Crippen molar-refractivity contribution in [2.24, 2.45) is 5.92 Å². The van der Waals surface area contributed by atoms with Crippen molar-refractivity contribution < 1.29 is 28.9 Å². The summed E-state index contributed by atoms with van der Waals surface area (Å²) in [5, 5.41) is 25.9. The molecule has 1 saturated carbocycles. The molecule has 2 aliphatic rings. The van der Waals surface area contributed by atoms with Gasteiger partial charge in [0.25, 0.3) is 11.4 Å². The maximum Gasteiger partial charge on any atom is 0.343 e. The first-order valence-electron chi connectivity index (χ1n) is 14.8. The molecule has 0 unspecified atom stereocenters. The molecule has 11 nitrogen and oxygen atoms in total. The van der Waals surface area contributed by atoms with E-state index < -0.39 is 27.2 Å². The molecule has 0 saturated heterocycles. The number of rotatable bonds is 9. The number of nitrogens with one attached hydrogen (secondary N) is 1. The number of fused-ring (bicyclic) bond motifs is 3. The predicted molar refractivity (Wildman–Crippen MR) is 176 cm³/mol. The second-order valence-electron chi connectivity index (χ2n) is 11.1. The molecule has 0 amide bonds. The standard InChI is InChI=1S/C34H28ClN3O8S/c1-2-45-34(40)22-7-3-5-9-27(22)46-33(39)20-13-16-25-23(17-20)30-24(32(36-25)19-11-14-21(15-12-19)37(41)42)18-29(31(30)35)47-28-10-6-4-8-26(28)38(43)44/h3-17,24,29-32,36H,2,18H2,1H3/t24-,29+,30-,31+,32+/m0/s1. The van der Waals surface area contributed by atoms with Gasteiger partial charge in [0.2, 0.25) is 0 Å². The van der Waals surface area contributed by atoms with Crippen LogP contribution in [0.15, 0.2) is 95.9 Å². The number of nitro benzene ring substituents is 2. The molecule has 1 aliphatic heterocycles. The number of non-ortho nitro benzene ring substituents is 1. The summed E-state index contributed by atoms with van der Waals surface area (Å²) in [6.07, 6.45) is 0.575. The van der Waals surface area contributed by atoms with Gasteiger partial charge in [0.1, 0.15) is 11.3 Å². The Labute approximate surface area is 278 Å². The van der Waals surface area contributed by atoms with Crippen molar-refractivity contribution in [1.29, 1.82) is 0 Å². The van der Waals surface area contributed by atoms with Crippen LogP contribution < -0.4 is 10.1 Å². The Morgan fingerprint density at radius 1 is 0.936 bits per heavy atom. The van der Waals surface area contributed by atoms with E-state index in [1.165, 1.54) is 42.1 Å². The van der Waals surface area contributed by atoms with Crippen molar-refractivity contribution in [1.82, 2.24) is 0 Å². The van der Waals surface area contributed by atoms with Crippen molar-refractivity contribution in [2.75, 3.05) is 11.9 Å². The zero-order chi connectivity index (χ0) is 33.2. The van der Waals surface area contributed by atoms with Gasteiger partial charge in [-0.3, -0.25) is 20.2 Å². The molecule has 5 atom stereocenters. The highest BCUT2D eigenvalue weighted by Crippen LogP contribution is 2.58. The Kier molecular flexibility index (Phi) is 9.15. The van der Waals surface area contributed by atoms with E-state index in [9.17, 15) is 29.8 Å². The number of carbonyl (C=O) groups excluding carboxylic acids is 2. The van der Waals surface area contributed by atoms with Gasteiger partial charge in [-0.05, 0) is 66.8 Å². The fourth-order valence-corrected chi connectivity index (χ4v) is 8.28. The molecule has 1 aliphatic carbocycles. The molecular formula is C34H28ClN3O8S. The Hall–Kier alpha value is -4.94. The van der Waals surface area contributed by atoms with Crippen LogP contribution in [0.3, 0.4) is 0 Å². The summed E-state index contributed by atoms with van der Waals surface area (Å²) in [5.41, 5.74) is 2.69. The SMILES string of the molecule is CCOC(=O)c1ccccc1OC(=O)c1ccc2c(c1)[C@@H]1[C@H](Cl)[C@H](Sc3ccccc3[N+](=O)[O-])C[C@@H]1[C@@H](c1ccc([N+](=O)[O-])cc1)N2. The van der Waals surface area contributed by atoms with Crippen molar-refractivity contribution in [3.63, 3.8) is 0 Å². The van der Waals surface area contributed by atoms with Crippen LogP contribution in [0.25, 0.3) is 0 Å². The number of para-hydroxylation sites is 2. The average molecular weight is 674 g/mol. The molecule has 13 heteroatoms. The van der Waals surface area contributed by atoms with Crippen LogP contribution in [-0.4, -0.2) is 39.0 Å². The van der Waals surface area contributed by atoms with Gasteiger partial charge in [-0.1, -0.05) is 36.4 Å². The molecule has 4 aromatic rings. The molecule has 0 bridgehead atoms. The lowest BCUT2D eigenvalue weighted by Gasteiger charge is -2.38. The average Bonchev–Trinajstić information content (AvgIpc) is 3.40. The van der Waals surface area contributed by atoms with E-state index in [0.29, 0.717) is 11.3 Å². The van der Waals surface area contributed by atoms with E-state index in [1.54, 1.807) is 67.6 Å². The Balaban J connectivity index is 1.35. The van der Waals surface area contributed by atoms with Crippen molar-refractivity contribution >= 4 is 52.4 Å². The maximum atomic E-state index is 13.4. The highest BCUT2D eigenvalue weighted by Gasteiger charge is 2.50. The van der Waals surface area contributed by atoms with E-state index in [4.69, 9.17) is 21.1 Å². The third-order valence-electron chi connectivity index (χ3n) is 8.44. The van der Waals surface area contributed by atoms with Crippen LogP contribution in [0.1, 0.15) is 57.1 Å². The monoisotopic (exact) mass is 673 g/mol. The van der Waals surface area contributed by atoms with Crippen LogP contribution in [0.5, 0.6) is 5.75 Å². The Morgan fingerprint density at radius 2 is 1.66 bits per heavy atom.